The first-order valence-corrected chi connectivity index (χ1v) is 9.05. The molecule has 2 N–H and O–H groups in total. The molecule has 3 aromatic rings. The highest BCUT2D eigenvalue weighted by atomic mass is 16.5. The Hall–Kier alpha value is -4.27. The molecule has 0 atom stereocenters. The van der Waals surface area contributed by atoms with Crippen LogP contribution in [0.4, 0.5) is 23.1 Å². The minimum Gasteiger partial charge on any atom is -0.504 e. The molecule has 0 fully saturated rings. The van der Waals surface area contributed by atoms with Gasteiger partial charge in [0.05, 0.1) is 6.61 Å². The van der Waals surface area contributed by atoms with Crippen molar-refractivity contribution in [2.45, 2.75) is 6.92 Å². The molecule has 30 heavy (non-hydrogen) atoms. The molecule has 0 unspecified atom stereocenters. The molecule has 0 saturated carbocycles. The Bertz CT molecular complexity index is 1180. The van der Waals surface area contributed by atoms with E-state index < -0.39 is 5.97 Å². The van der Waals surface area contributed by atoms with Gasteiger partial charge in [0.2, 0.25) is 5.88 Å². The number of nitroso groups, excluding NO2 is 1. The maximum absolute atomic E-state index is 12.4. The van der Waals surface area contributed by atoms with Gasteiger partial charge in [-0.2, -0.15) is 0 Å². The SMILES string of the molecule is CCOC(=O)c1c(Nc2ccc(N=O)cc2)oc(C=C2C=Nc3ncccc32)c1O. The fourth-order valence-electron chi connectivity index (χ4n) is 2.94. The summed E-state index contributed by atoms with van der Waals surface area (Å²) in [6.07, 6.45) is 4.80. The van der Waals surface area contributed by atoms with E-state index in [4.69, 9.17) is 9.15 Å². The largest absolute Gasteiger partial charge is 0.504 e. The number of aliphatic imine (C=N–C) groups is 1. The predicted octanol–water partition coefficient (Wildman–Crippen LogP) is 4.95. The Balaban J connectivity index is 1.74. The third-order valence-corrected chi connectivity index (χ3v) is 4.33. The standard InChI is InChI=1S/C21H16N4O5/c1-2-29-21(27)17-18(26)16(10-12-11-23-19-15(12)4-3-9-22-19)30-20(17)24-13-5-7-14(25-28)8-6-13/h3-11,24,26H,2H2,1H3. The Morgan fingerprint density at radius 3 is 2.83 bits per heavy atom. The normalized spacial score (nSPS) is 13.3. The van der Waals surface area contributed by atoms with Crippen LogP contribution in [0.3, 0.4) is 0 Å². The number of hydrogen-bond acceptors (Lipinski definition) is 9. The molecule has 9 heteroatoms. The predicted molar refractivity (Wildman–Crippen MR) is 112 cm³/mol. The lowest BCUT2D eigenvalue weighted by molar-refractivity contribution is 0.0524. The Morgan fingerprint density at radius 2 is 2.10 bits per heavy atom. The maximum atomic E-state index is 12.4. The Labute approximate surface area is 170 Å². The summed E-state index contributed by atoms with van der Waals surface area (Å²) in [5.74, 6) is -0.474. The van der Waals surface area contributed by atoms with Crippen molar-refractivity contribution in [3.05, 3.63) is 64.4 Å². The second-order valence-electron chi connectivity index (χ2n) is 6.24. The van der Waals surface area contributed by atoms with Gasteiger partial charge in [-0.25, -0.2) is 14.8 Å². The summed E-state index contributed by atoms with van der Waals surface area (Å²) >= 11 is 0. The second-order valence-corrected chi connectivity index (χ2v) is 6.24. The zero-order valence-electron chi connectivity index (χ0n) is 15.8. The molecule has 4 rings (SSSR count). The van der Waals surface area contributed by atoms with Crippen LogP contribution in [-0.4, -0.2) is 28.9 Å². The van der Waals surface area contributed by atoms with Gasteiger partial charge in [-0.15, -0.1) is 4.91 Å². The number of rotatable bonds is 6. The fourth-order valence-corrected chi connectivity index (χ4v) is 2.94. The minimum atomic E-state index is -0.737. The van der Waals surface area contributed by atoms with Crippen molar-refractivity contribution in [1.82, 2.24) is 4.98 Å². The van der Waals surface area contributed by atoms with Crippen LogP contribution in [0, 0.1) is 4.91 Å². The quantitative estimate of drug-likeness (QED) is 0.439. The number of aromatic hydroxyl groups is 1. The number of carbonyl (C=O) groups excluding carboxylic acids is 1. The van der Waals surface area contributed by atoms with Crippen molar-refractivity contribution in [3.63, 3.8) is 0 Å². The monoisotopic (exact) mass is 404 g/mol. The van der Waals surface area contributed by atoms with Crippen molar-refractivity contribution < 1.29 is 19.1 Å². The summed E-state index contributed by atoms with van der Waals surface area (Å²) in [5, 5.41) is 16.4. The van der Waals surface area contributed by atoms with Crippen LogP contribution in [0.2, 0.25) is 0 Å². The molecule has 1 aliphatic heterocycles. The fraction of sp³-hybridized carbons (Fsp3) is 0.0952. The van der Waals surface area contributed by atoms with Crippen molar-refractivity contribution in [3.8, 4) is 5.75 Å². The van der Waals surface area contributed by atoms with E-state index in [-0.39, 0.29) is 35.3 Å². The van der Waals surface area contributed by atoms with Gasteiger partial charge in [0.1, 0.15) is 5.69 Å². The molecule has 0 spiro atoms. The number of pyridine rings is 1. The average Bonchev–Trinajstić information content (AvgIpc) is 3.30. The lowest BCUT2D eigenvalue weighted by atomic mass is 10.1. The van der Waals surface area contributed by atoms with Crippen LogP contribution >= 0.6 is 0 Å². The molecular formula is C21H16N4O5. The molecule has 1 aromatic carbocycles. The zero-order valence-corrected chi connectivity index (χ0v) is 15.8. The number of anilines is 2. The minimum absolute atomic E-state index is 0.00552. The molecule has 1 aliphatic rings. The van der Waals surface area contributed by atoms with Gasteiger partial charge in [-0.05, 0) is 54.6 Å². The molecule has 0 aliphatic carbocycles. The molecule has 0 bridgehead atoms. The van der Waals surface area contributed by atoms with Gasteiger partial charge in [-0.1, -0.05) is 0 Å². The number of benzene rings is 1. The first-order chi connectivity index (χ1) is 14.6. The van der Waals surface area contributed by atoms with Gasteiger partial charge in [0.25, 0.3) is 0 Å². The number of carbonyl (C=O) groups is 1. The molecule has 0 amide bonds. The topological polar surface area (TPSA) is 126 Å². The summed E-state index contributed by atoms with van der Waals surface area (Å²) in [4.78, 5) is 31.4. The molecule has 2 aromatic heterocycles. The molecule has 9 nitrogen and oxygen atoms in total. The van der Waals surface area contributed by atoms with Gasteiger partial charge >= 0.3 is 5.97 Å². The summed E-state index contributed by atoms with van der Waals surface area (Å²) in [7, 11) is 0. The van der Waals surface area contributed by atoms with Crippen LogP contribution < -0.4 is 5.32 Å². The van der Waals surface area contributed by atoms with E-state index in [0.717, 1.165) is 5.56 Å². The van der Waals surface area contributed by atoms with E-state index in [1.807, 2.05) is 6.07 Å². The molecule has 3 heterocycles. The zero-order chi connectivity index (χ0) is 21.1. The number of allylic oxidation sites excluding steroid dienone is 1. The average molecular weight is 404 g/mol. The number of aromatic nitrogens is 1. The summed E-state index contributed by atoms with van der Waals surface area (Å²) in [6.45, 7) is 1.79. The summed E-state index contributed by atoms with van der Waals surface area (Å²) < 4.78 is 10.8. The highest BCUT2D eigenvalue weighted by Crippen LogP contribution is 2.39. The molecule has 150 valence electrons. The van der Waals surface area contributed by atoms with Crippen LogP contribution in [-0.2, 0) is 4.74 Å². The lowest BCUT2D eigenvalue weighted by Gasteiger charge is -2.06. The summed E-state index contributed by atoms with van der Waals surface area (Å²) in [6, 6.07) is 9.81. The molecular weight excluding hydrogens is 388 g/mol. The van der Waals surface area contributed by atoms with E-state index in [1.165, 1.54) is 12.1 Å². The second kappa shape index (κ2) is 8.00. The number of fused-ring (bicyclic) bond motifs is 1. The lowest BCUT2D eigenvalue weighted by Crippen LogP contribution is -2.06. The van der Waals surface area contributed by atoms with Crippen LogP contribution in [0.5, 0.6) is 5.75 Å². The van der Waals surface area contributed by atoms with E-state index in [2.05, 4.69) is 20.5 Å². The van der Waals surface area contributed by atoms with E-state index in [9.17, 15) is 14.8 Å². The number of esters is 1. The molecule has 0 radical (unpaired) electrons. The first kappa shape index (κ1) is 19.1. The maximum Gasteiger partial charge on any atom is 0.347 e. The summed E-state index contributed by atoms with van der Waals surface area (Å²) in [5.41, 5.74) is 2.09. The van der Waals surface area contributed by atoms with Gasteiger partial charge in [-0.3, -0.25) is 0 Å². The number of furan rings is 1. The third-order valence-electron chi connectivity index (χ3n) is 4.33. The van der Waals surface area contributed by atoms with Gasteiger partial charge in [0, 0.05) is 29.2 Å². The number of nitrogens with zero attached hydrogens (tertiary/aromatic N) is 3. The molecule has 0 saturated heterocycles. The Morgan fingerprint density at radius 1 is 1.30 bits per heavy atom. The highest BCUT2D eigenvalue weighted by molar-refractivity contribution is 6.21. The highest BCUT2D eigenvalue weighted by Gasteiger charge is 2.27. The van der Waals surface area contributed by atoms with Crippen molar-refractivity contribution in [1.29, 1.82) is 0 Å². The van der Waals surface area contributed by atoms with Crippen molar-refractivity contribution in [2.24, 2.45) is 10.2 Å². The number of nitrogens with one attached hydrogen (secondary N) is 1. The smallest absolute Gasteiger partial charge is 0.347 e. The van der Waals surface area contributed by atoms with Gasteiger partial charge in [0.15, 0.2) is 22.9 Å². The van der Waals surface area contributed by atoms with Crippen molar-refractivity contribution in [2.75, 3.05) is 11.9 Å². The number of ether oxygens (including phenoxy) is 1. The Kier molecular flexibility index (Phi) is 5.08. The third kappa shape index (κ3) is 3.55. The van der Waals surface area contributed by atoms with E-state index >= 15 is 0 Å². The van der Waals surface area contributed by atoms with Crippen LogP contribution in [0.15, 0.2) is 57.2 Å². The van der Waals surface area contributed by atoms with E-state index in [0.29, 0.717) is 17.1 Å². The first-order valence-electron chi connectivity index (χ1n) is 9.05. The van der Waals surface area contributed by atoms with Crippen LogP contribution in [0.1, 0.15) is 28.6 Å². The van der Waals surface area contributed by atoms with Gasteiger partial charge < -0.3 is 19.6 Å². The van der Waals surface area contributed by atoms with Crippen molar-refractivity contribution >= 4 is 46.9 Å². The number of hydrogen-bond donors (Lipinski definition) is 2. The van der Waals surface area contributed by atoms with E-state index in [1.54, 1.807) is 43.6 Å². The van der Waals surface area contributed by atoms with Crippen LogP contribution in [0.25, 0.3) is 11.6 Å².